The molecule has 3 nitrogen and oxygen atoms in total. The van der Waals surface area contributed by atoms with Crippen LogP contribution in [0.15, 0.2) is 0 Å². The number of rotatable bonds is 2. The zero-order valence-corrected chi connectivity index (χ0v) is 5.52. The Morgan fingerprint density at radius 3 is 3.00 bits per heavy atom. The summed E-state index contributed by atoms with van der Waals surface area (Å²) < 4.78 is 5.09. The van der Waals surface area contributed by atoms with E-state index in [0.717, 1.165) is 19.4 Å². The molecule has 1 aliphatic heterocycles. The number of nitrogens with one attached hydrogen (secondary N) is 1. The summed E-state index contributed by atoms with van der Waals surface area (Å²) in [5.74, 6) is 0. The van der Waals surface area contributed by atoms with E-state index in [4.69, 9.17) is 4.74 Å². The minimum Gasteiger partial charge on any atom is -0.379 e. The summed E-state index contributed by atoms with van der Waals surface area (Å²) in [5.41, 5.74) is -0.0955. The molecule has 0 aliphatic carbocycles. The van der Waals surface area contributed by atoms with Crippen molar-refractivity contribution in [3.05, 3.63) is 0 Å². The van der Waals surface area contributed by atoms with Crippen molar-refractivity contribution in [3.8, 4) is 0 Å². The van der Waals surface area contributed by atoms with Gasteiger partial charge in [0, 0.05) is 6.61 Å². The summed E-state index contributed by atoms with van der Waals surface area (Å²) in [6.45, 7) is 3.39. The molecule has 0 aromatic rings. The van der Waals surface area contributed by atoms with Crippen molar-refractivity contribution in [2.75, 3.05) is 13.2 Å². The molecule has 0 bridgehead atoms. The molecule has 1 N–H and O–H groups in total. The molecule has 3 heteroatoms. The van der Waals surface area contributed by atoms with Gasteiger partial charge in [-0.25, -0.2) is 0 Å². The quantitative estimate of drug-likeness (QED) is 0.529. The first kappa shape index (κ1) is 6.55. The fraction of sp³-hybridized carbons (Fsp3) is 0.833. The molecule has 0 radical (unpaired) electrons. The minimum absolute atomic E-state index is 0.0955. The summed E-state index contributed by atoms with van der Waals surface area (Å²) in [6.07, 6.45) is 1.65. The first-order valence-electron chi connectivity index (χ1n) is 3.06. The van der Waals surface area contributed by atoms with Crippen LogP contribution in [0, 0.1) is 0 Å². The maximum absolute atomic E-state index is 10.00. The molecule has 9 heavy (non-hydrogen) atoms. The topological polar surface area (TPSA) is 38.3 Å². The molecule has 1 unspecified atom stereocenters. The third kappa shape index (κ3) is 1.42. The standard InChI is InChI=1S/C6H11NO2/c1-6(7-5-8)2-3-9-4-6/h5H,2-4H2,1H3,(H,7,8). The van der Waals surface area contributed by atoms with Crippen molar-refractivity contribution in [3.63, 3.8) is 0 Å². The molecule has 1 aliphatic rings. The van der Waals surface area contributed by atoms with Gasteiger partial charge in [-0.2, -0.15) is 0 Å². The molecule has 1 saturated heterocycles. The van der Waals surface area contributed by atoms with Crippen molar-refractivity contribution in [2.24, 2.45) is 0 Å². The maximum Gasteiger partial charge on any atom is 0.207 e. The molecule has 0 aromatic heterocycles. The lowest BCUT2D eigenvalue weighted by Crippen LogP contribution is -2.41. The molecule has 0 saturated carbocycles. The van der Waals surface area contributed by atoms with Crippen LogP contribution in [-0.4, -0.2) is 25.2 Å². The first-order valence-corrected chi connectivity index (χ1v) is 3.06. The molecule has 1 fully saturated rings. The Balaban J connectivity index is 2.40. The van der Waals surface area contributed by atoms with Crippen LogP contribution in [-0.2, 0) is 9.53 Å². The fourth-order valence-corrected chi connectivity index (χ4v) is 0.923. The maximum atomic E-state index is 10.00. The summed E-state index contributed by atoms with van der Waals surface area (Å²) >= 11 is 0. The number of carbonyl (C=O) groups is 1. The normalized spacial score (nSPS) is 34.3. The Labute approximate surface area is 54.4 Å². The summed E-state index contributed by atoms with van der Waals surface area (Å²) in [6, 6.07) is 0. The SMILES string of the molecule is CC1(NC=O)CCOC1. The van der Waals surface area contributed by atoms with Crippen molar-refractivity contribution < 1.29 is 9.53 Å². The van der Waals surface area contributed by atoms with Crippen LogP contribution < -0.4 is 5.32 Å². The van der Waals surface area contributed by atoms with E-state index in [1.807, 2.05) is 6.92 Å². The van der Waals surface area contributed by atoms with E-state index in [1.54, 1.807) is 0 Å². The zero-order chi connectivity index (χ0) is 6.74. The molecule has 1 rings (SSSR count). The van der Waals surface area contributed by atoms with Crippen LogP contribution in [0.2, 0.25) is 0 Å². The smallest absolute Gasteiger partial charge is 0.207 e. The summed E-state index contributed by atoms with van der Waals surface area (Å²) in [7, 11) is 0. The number of hydrogen-bond donors (Lipinski definition) is 1. The molecule has 1 atom stereocenters. The third-order valence-electron chi connectivity index (χ3n) is 1.63. The monoisotopic (exact) mass is 129 g/mol. The first-order chi connectivity index (χ1) is 4.27. The molecule has 1 amide bonds. The van der Waals surface area contributed by atoms with E-state index in [0.29, 0.717) is 6.61 Å². The predicted octanol–water partition coefficient (Wildman–Crippen LogP) is -0.0886. The van der Waals surface area contributed by atoms with Crippen molar-refractivity contribution in [1.82, 2.24) is 5.32 Å². The predicted molar refractivity (Wildman–Crippen MR) is 33.0 cm³/mol. The average Bonchev–Trinajstić information content (AvgIpc) is 2.16. The van der Waals surface area contributed by atoms with E-state index < -0.39 is 0 Å². The van der Waals surface area contributed by atoms with Crippen LogP contribution in [0.4, 0.5) is 0 Å². The Morgan fingerprint density at radius 2 is 2.56 bits per heavy atom. The second-order valence-corrected chi connectivity index (χ2v) is 2.63. The average molecular weight is 129 g/mol. The van der Waals surface area contributed by atoms with Gasteiger partial charge >= 0.3 is 0 Å². The molecule has 0 spiro atoms. The highest BCUT2D eigenvalue weighted by molar-refractivity contribution is 5.47. The van der Waals surface area contributed by atoms with Gasteiger partial charge in [0.15, 0.2) is 0 Å². The van der Waals surface area contributed by atoms with Gasteiger partial charge in [-0.3, -0.25) is 4.79 Å². The Morgan fingerprint density at radius 1 is 1.78 bits per heavy atom. The Kier molecular flexibility index (Phi) is 1.71. The lowest BCUT2D eigenvalue weighted by atomic mass is 10.0. The van der Waals surface area contributed by atoms with Crippen molar-refractivity contribution in [1.29, 1.82) is 0 Å². The van der Waals surface area contributed by atoms with E-state index in [9.17, 15) is 4.79 Å². The van der Waals surface area contributed by atoms with Crippen LogP contribution in [0.25, 0.3) is 0 Å². The van der Waals surface area contributed by atoms with Gasteiger partial charge in [0.25, 0.3) is 0 Å². The van der Waals surface area contributed by atoms with E-state index in [2.05, 4.69) is 5.32 Å². The number of carbonyl (C=O) groups excluding carboxylic acids is 1. The van der Waals surface area contributed by atoms with Crippen LogP contribution >= 0.6 is 0 Å². The van der Waals surface area contributed by atoms with Crippen LogP contribution in [0.3, 0.4) is 0 Å². The zero-order valence-electron chi connectivity index (χ0n) is 5.52. The fourth-order valence-electron chi connectivity index (χ4n) is 0.923. The Hall–Kier alpha value is -0.570. The lowest BCUT2D eigenvalue weighted by molar-refractivity contribution is -0.111. The molecule has 52 valence electrons. The van der Waals surface area contributed by atoms with Crippen molar-refractivity contribution in [2.45, 2.75) is 18.9 Å². The van der Waals surface area contributed by atoms with Gasteiger partial charge in [0.05, 0.1) is 12.1 Å². The van der Waals surface area contributed by atoms with Crippen molar-refractivity contribution >= 4 is 6.41 Å². The van der Waals surface area contributed by atoms with E-state index >= 15 is 0 Å². The molecular formula is C6H11NO2. The lowest BCUT2D eigenvalue weighted by Gasteiger charge is -2.19. The van der Waals surface area contributed by atoms with Crippen LogP contribution in [0.5, 0.6) is 0 Å². The van der Waals surface area contributed by atoms with Crippen LogP contribution in [0.1, 0.15) is 13.3 Å². The molecular weight excluding hydrogens is 118 g/mol. The highest BCUT2D eigenvalue weighted by Gasteiger charge is 2.28. The van der Waals surface area contributed by atoms with Gasteiger partial charge in [-0.05, 0) is 13.3 Å². The second-order valence-electron chi connectivity index (χ2n) is 2.63. The number of ether oxygens (including phenoxy) is 1. The van der Waals surface area contributed by atoms with E-state index in [1.165, 1.54) is 0 Å². The van der Waals surface area contributed by atoms with Gasteiger partial charge in [0.2, 0.25) is 6.41 Å². The second kappa shape index (κ2) is 2.35. The highest BCUT2D eigenvalue weighted by atomic mass is 16.5. The summed E-state index contributed by atoms with van der Waals surface area (Å²) in [4.78, 5) is 10.00. The summed E-state index contributed by atoms with van der Waals surface area (Å²) in [5, 5.41) is 2.72. The van der Waals surface area contributed by atoms with Gasteiger partial charge < -0.3 is 10.1 Å². The third-order valence-corrected chi connectivity index (χ3v) is 1.63. The largest absolute Gasteiger partial charge is 0.379 e. The van der Waals surface area contributed by atoms with Gasteiger partial charge in [-0.1, -0.05) is 0 Å². The Bertz CT molecular complexity index is 108. The number of hydrogen-bond acceptors (Lipinski definition) is 2. The van der Waals surface area contributed by atoms with Gasteiger partial charge in [-0.15, -0.1) is 0 Å². The van der Waals surface area contributed by atoms with E-state index in [-0.39, 0.29) is 5.54 Å². The number of amides is 1. The van der Waals surface area contributed by atoms with Gasteiger partial charge in [0.1, 0.15) is 0 Å². The highest BCUT2D eigenvalue weighted by Crippen LogP contribution is 2.15. The molecule has 1 heterocycles. The minimum atomic E-state index is -0.0955. The molecule has 0 aromatic carbocycles.